The molecule has 0 aliphatic rings. The molecule has 21 heavy (non-hydrogen) atoms. The number of esters is 1. The predicted octanol–water partition coefficient (Wildman–Crippen LogP) is 3.55. The molecular formula is C17H26O4. The third-order valence-electron chi connectivity index (χ3n) is 3.28. The van der Waals surface area contributed by atoms with E-state index in [0.29, 0.717) is 0 Å². The van der Waals surface area contributed by atoms with Crippen molar-refractivity contribution >= 4 is 17.5 Å². The highest BCUT2D eigenvalue weighted by Gasteiger charge is 2.43. The molecule has 118 valence electrons. The lowest BCUT2D eigenvalue weighted by atomic mass is 9.89. The number of rotatable bonds is 8. The van der Waals surface area contributed by atoms with Gasteiger partial charge in [-0.15, -0.1) is 0 Å². The first-order valence-corrected chi connectivity index (χ1v) is 7.12. The van der Waals surface area contributed by atoms with Crippen molar-refractivity contribution in [1.82, 2.24) is 0 Å². The molecule has 0 amide bonds. The number of Topliss-reactive ketones (excluding diaryl/α,β-unsaturated/α-hetero) is 2. The zero-order chi connectivity index (χ0) is 16.6. The van der Waals surface area contributed by atoms with Gasteiger partial charge in [0.15, 0.2) is 11.6 Å². The van der Waals surface area contributed by atoms with Crippen molar-refractivity contribution in [2.45, 2.75) is 66.4 Å². The Morgan fingerprint density at radius 3 is 1.81 bits per heavy atom. The maximum Gasteiger partial charge on any atom is 0.304 e. The van der Waals surface area contributed by atoms with E-state index in [0.717, 1.165) is 18.4 Å². The van der Waals surface area contributed by atoms with Crippen molar-refractivity contribution < 1.29 is 19.1 Å². The van der Waals surface area contributed by atoms with Crippen LogP contribution in [-0.4, -0.2) is 23.1 Å². The van der Waals surface area contributed by atoms with Gasteiger partial charge in [0.25, 0.3) is 0 Å². The lowest BCUT2D eigenvalue weighted by Gasteiger charge is -2.27. The van der Waals surface area contributed by atoms with E-state index in [1.807, 2.05) is 26.8 Å². The monoisotopic (exact) mass is 294 g/mol. The average molecular weight is 294 g/mol. The summed E-state index contributed by atoms with van der Waals surface area (Å²) in [7, 11) is 0. The number of hydrogen-bond donors (Lipinski definition) is 0. The predicted molar refractivity (Wildman–Crippen MR) is 82.9 cm³/mol. The first-order valence-electron chi connectivity index (χ1n) is 7.12. The molecule has 0 rings (SSSR count). The average Bonchev–Trinajstić information content (AvgIpc) is 2.32. The van der Waals surface area contributed by atoms with Gasteiger partial charge in [-0.3, -0.25) is 14.4 Å². The first-order chi connectivity index (χ1) is 9.61. The Morgan fingerprint density at radius 1 is 0.905 bits per heavy atom. The van der Waals surface area contributed by atoms with Gasteiger partial charge in [0.2, 0.25) is 5.60 Å². The zero-order valence-electron chi connectivity index (χ0n) is 13.9. The molecule has 4 heteroatoms. The fraction of sp³-hybridized carbons (Fsp3) is 0.588. The molecule has 0 radical (unpaired) electrons. The van der Waals surface area contributed by atoms with E-state index in [2.05, 4.69) is 6.08 Å². The van der Waals surface area contributed by atoms with Gasteiger partial charge in [-0.1, -0.05) is 23.3 Å². The Kier molecular flexibility index (Phi) is 7.85. The second-order valence-electron chi connectivity index (χ2n) is 5.61. The number of ketones is 2. The van der Waals surface area contributed by atoms with Crippen LogP contribution in [0.3, 0.4) is 0 Å². The molecule has 0 aliphatic heterocycles. The molecule has 0 saturated heterocycles. The highest BCUT2D eigenvalue weighted by atomic mass is 16.6. The summed E-state index contributed by atoms with van der Waals surface area (Å²) in [6, 6.07) is 0. The van der Waals surface area contributed by atoms with E-state index in [1.54, 1.807) is 0 Å². The van der Waals surface area contributed by atoms with Crippen LogP contribution in [0, 0.1) is 0 Å². The van der Waals surface area contributed by atoms with Crippen LogP contribution in [0.15, 0.2) is 23.3 Å². The van der Waals surface area contributed by atoms with Crippen molar-refractivity contribution in [2.24, 2.45) is 0 Å². The molecule has 0 unspecified atom stereocenters. The van der Waals surface area contributed by atoms with Crippen molar-refractivity contribution in [3.63, 3.8) is 0 Å². The normalized spacial score (nSPS) is 11.8. The van der Waals surface area contributed by atoms with E-state index in [1.165, 1.54) is 26.3 Å². The van der Waals surface area contributed by atoms with Crippen molar-refractivity contribution in [2.75, 3.05) is 0 Å². The Morgan fingerprint density at radius 2 is 1.43 bits per heavy atom. The molecule has 0 N–H and O–H groups in total. The molecule has 0 saturated carbocycles. The Labute approximate surface area is 127 Å². The molecule has 0 aromatic heterocycles. The molecule has 0 aromatic rings. The molecule has 0 heterocycles. The third-order valence-corrected chi connectivity index (χ3v) is 3.28. The van der Waals surface area contributed by atoms with Crippen LogP contribution in [0.5, 0.6) is 0 Å². The van der Waals surface area contributed by atoms with Gasteiger partial charge < -0.3 is 4.74 Å². The second kappa shape index (κ2) is 8.55. The van der Waals surface area contributed by atoms with Crippen LogP contribution in [0.2, 0.25) is 0 Å². The highest BCUT2D eigenvalue weighted by Crippen LogP contribution is 2.22. The van der Waals surface area contributed by atoms with E-state index >= 15 is 0 Å². The van der Waals surface area contributed by atoms with Gasteiger partial charge in [0.1, 0.15) is 0 Å². The van der Waals surface area contributed by atoms with E-state index in [-0.39, 0.29) is 6.42 Å². The molecule has 4 nitrogen and oxygen atoms in total. The quantitative estimate of drug-likeness (QED) is 0.390. The van der Waals surface area contributed by atoms with Crippen LogP contribution >= 0.6 is 0 Å². The molecule has 0 spiro atoms. The Hall–Kier alpha value is -1.71. The number of hydrogen-bond acceptors (Lipinski definition) is 4. The Balaban J connectivity index is 5.06. The summed E-state index contributed by atoms with van der Waals surface area (Å²) in [5, 5.41) is 0. The number of ether oxygens (including phenoxy) is 1. The molecule has 0 aromatic carbocycles. The van der Waals surface area contributed by atoms with E-state index in [9.17, 15) is 14.4 Å². The van der Waals surface area contributed by atoms with Gasteiger partial charge in [0.05, 0.1) is 0 Å². The van der Waals surface area contributed by atoms with Gasteiger partial charge in [0, 0.05) is 13.3 Å². The summed E-state index contributed by atoms with van der Waals surface area (Å²) in [5.74, 6) is -1.52. The fourth-order valence-electron chi connectivity index (χ4n) is 1.97. The second-order valence-corrected chi connectivity index (χ2v) is 5.61. The van der Waals surface area contributed by atoms with Crippen molar-refractivity contribution in [3.8, 4) is 0 Å². The van der Waals surface area contributed by atoms with Crippen LogP contribution < -0.4 is 0 Å². The molecule has 0 bridgehead atoms. The summed E-state index contributed by atoms with van der Waals surface area (Å²) >= 11 is 0. The SMILES string of the molecule is CC(=O)OC(C/C=C(/C)CCC=C(C)C)(C(C)=O)C(C)=O. The minimum absolute atomic E-state index is 0.0951. The van der Waals surface area contributed by atoms with Gasteiger partial charge in [-0.05, 0) is 47.5 Å². The van der Waals surface area contributed by atoms with Gasteiger partial charge >= 0.3 is 5.97 Å². The fourth-order valence-corrected chi connectivity index (χ4v) is 1.97. The van der Waals surface area contributed by atoms with Crippen molar-refractivity contribution in [1.29, 1.82) is 0 Å². The number of carbonyl (C=O) groups is 3. The maximum absolute atomic E-state index is 11.8. The van der Waals surface area contributed by atoms with Crippen LogP contribution in [0.4, 0.5) is 0 Å². The first kappa shape index (κ1) is 19.3. The van der Waals surface area contributed by atoms with Gasteiger partial charge in [-0.25, -0.2) is 0 Å². The molecular weight excluding hydrogens is 268 g/mol. The third kappa shape index (κ3) is 6.52. The molecule has 0 atom stereocenters. The van der Waals surface area contributed by atoms with E-state index in [4.69, 9.17) is 4.74 Å². The zero-order valence-corrected chi connectivity index (χ0v) is 13.9. The maximum atomic E-state index is 11.8. The summed E-state index contributed by atoms with van der Waals surface area (Å²) in [6.07, 6.45) is 5.79. The van der Waals surface area contributed by atoms with Crippen LogP contribution in [0.1, 0.15) is 60.8 Å². The minimum Gasteiger partial charge on any atom is -0.443 e. The lowest BCUT2D eigenvalue weighted by Crippen LogP contribution is -2.47. The summed E-state index contributed by atoms with van der Waals surface area (Å²) in [4.78, 5) is 34.8. The molecule has 0 aliphatic carbocycles. The topological polar surface area (TPSA) is 60.4 Å². The standard InChI is InChI=1S/C17H26O4/c1-12(2)8-7-9-13(3)10-11-17(14(4)18,15(5)19)21-16(6)20/h8,10H,7,9,11H2,1-6H3/b13-10-. The molecule has 0 fully saturated rings. The highest BCUT2D eigenvalue weighted by molar-refractivity contribution is 6.09. The summed E-state index contributed by atoms with van der Waals surface area (Å²) in [6.45, 7) is 9.77. The number of allylic oxidation sites excluding steroid dienone is 3. The summed E-state index contributed by atoms with van der Waals surface area (Å²) in [5.41, 5.74) is 0.639. The Bertz CT molecular complexity index is 451. The largest absolute Gasteiger partial charge is 0.443 e. The lowest BCUT2D eigenvalue weighted by molar-refractivity contribution is -0.170. The van der Waals surface area contributed by atoms with E-state index < -0.39 is 23.1 Å². The number of carbonyl (C=O) groups excluding carboxylic acids is 3. The van der Waals surface area contributed by atoms with Crippen LogP contribution in [0.25, 0.3) is 0 Å². The summed E-state index contributed by atoms with van der Waals surface area (Å²) < 4.78 is 5.06. The smallest absolute Gasteiger partial charge is 0.304 e. The van der Waals surface area contributed by atoms with Crippen molar-refractivity contribution in [3.05, 3.63) is 23.3 Å². The van der Waals surface area contributed by atoms with Gasteiger partial charge in [-0.2, -0.15) is 0 Å². The minimum atomic E-state index is -1.68. The van der Waals surface area contributed by atoms with Crippen LogP contribution in [-0.2, 0) is 19.1 Å².